The predicted octanol–water partition coefficient (Wildman–Crippen LogP) is 4.71. The molecule has 3 rings (SSSR count). The summed E-state index contributed by atoms with van der Waals surface area (Å²) in [5.74, 6) is -1.22. The lowest BCUT2D eigenvalue weighted by Gasteiger charge is -2.23. The Hall–Kier alpha value is -3.10. The molecule has 0 radical (unpaired) electrons. The van der Waals surface area contributed by atoms with Crippen LogP contribution in [0.3, 0.4) is 0 Å². The van der Waals surface area contributed by atoms with Crippen molar-refractivity contribution < 1.29 is 22.3 Å². The maximum absolute atomic E-state index is 13.6. The van der Waals surface area contributed by atoms with Crippen molar-refractivity contribution in [1.82, 2.24) is 0 Å². The average Bonchev–Trinajstić information content (AvgIpc) is 2.75. The van der Waals surface area contributed by atoms with Crippen LogP contribution in [-0.4, -0.2) is 27.5 Å². The molecule has 6 nitrogen and oxygen atoms in total. The molecule has 0 aliphatic heterocycles. The van der Waals surface area contributed by atoms with Gasteiger partial charge in [0.05, 0.1) is 10.7 Å². The molecule has 0 unspecified atom stereocenters. The molecule has 0 saturated carbocycles. The molecule has 9 heteroatoms. The van der Waals surface area contributed by atoms with Crippen molar-refractivity contribution in [2.75, 3.05) is 22.8 Å². The fraction of sp³-hybridized carbons (Fsp3) is 0.136. The van der Waals surface area contributed by atoms with Crippen LogP contribution in [0, 0.1) is 5.82 Å². The van der Waals surface area contributed by atoms with Gasteiger partial charge in [-0.05, 0) is 49.4 Å². The molecule has 31 heavy (non-hydrogen) atoms. The zero-order valence-corrected chi connectivity index (χ0v) is 18.2. The van der Waals surface area contributed by atoms with Crippen LogP contribution in [0.1, 0.15) is 6.92 Å². The number of amides is 1. The minimum Gasteiger partial charge on any atom is -0.481 e. The van der Waals surface area contributed by atoms with Crippen LogP contribution in [0.2, 0.25) is 5.02 Å². The Morgan fingerprint density at radius 3 is 2.42 bits per heavy atom. The fourth-order valence-electron chi connectivity index (χ4n) is 2.89. The van der Waals surface area contributed by atoms with Gasteiger partial charge >= 0.3 is 0 Å². The number of carbonyl (C=O) groups excluding carboxylic acids is 1. The smallest absolute Gasteiger partial charge is 0.265 e. The van der Waals surface area contributed by atoms with Gasteiger partial charge in [0.25, 0.3) is 15.9 Å². The molecule has 1 amide bonds. The minimum atomic E-state index is -3.98. The van der Waals surface area contributed by atoms with E-state index in [2.05, 4.69) is 5.32 Å². The largest absolute Gasteiger partial charge is 0.481 e. The summed E-state index contributed by atoms with van der Waals surface area (Å²) in [6.45, 7) is 1.45. The second-order valence-corrected chi connectivity index (χ2v) is 8.66. The van der Waals surface area contributed by atoms with Gasteiger partial charge in [-0.3, -0.25) is 9.10 Å². The summed E-state index contributed by atoms with van der Waals surface area (Å²) < 4.78 is 46.5. The van der Waals surface area contributed by atoms with E-state index in [0.717, 1.165) is 0 Å². The number of nitrogens with zero attached hydrogens (tertiary/aromatic N) is 1. The number of anilines is 2. The van der Waals surface area contributed by atoms with Gasteiger partial charge in [0.1, 0.15) is 4.90 Å². The molecule has 3 aromatic carbocycles. The molecule has 0 spiro atoms. The van der Waals surface area contributed by atoms with E-state index >= 15 is 0 Å². The first-order valence-corrected chi connectivity index (χ1v) is 11.2. The summed E-state index contributed by atoms with van der Waals surface area (Å²) in [4.78, 5) is 12.1. The first-order valence-electron chi connectivity index (χ1n) is 9.37. The van der Waals surface area contributed by atoms with E-state index in [-0.39, 0.29) is 27.9 Å². The average molecular weight is 463 g/mol. The maximum atomic E-state index is 13.6. The highest BCUT2D eigenvalue weighted by atomic mass is 35.5. The first kappa shape index (κ1) is 22.6. The number of hydrogen-bond donors (Lipinski definition) is 1. The summed E-state index contributed by atoms with van der Waals surface area (Å²) in [6, 6.07) is 18.5. The summed E-state index contributed by atoms with van der Waals surface area (Å²) >= 11 is 6.18. The lowest BCUT2D eigenvalue weighted by Crippen LogP contribution is -2.31. The number of carbonyl (C=O) groups is 1. The van der Waals surface area contributed by atoms with E-state index in [1.54, 1.807) is 43.3 Å². The Balaban J connectivity index is 1.79. The maximum Gasteiger partial charge on any atom is 0.265 e. The van der Waals surface area contributed by atoms with Crippen LogP contribution < -0.4 is 14.4 Å². The van der Waals surface area contributed by atoms with Gasteiger partial charge in [-0.25, -0.2) is 12.8 Å². The zero-order valence-electron chi connectivity index (χ0n) is 16.6. The van der Waals surface area contributed by atoms with Gasteiger partial charge in [-0.1, -0.05) is 41.9 Å². The van der Waals surface area contributed by atoms with Gasteiger partial charge < -0.3 is 10.1 Å². The van der Waals surface area contributed by atoms with Crippen LogP contribution in [0.15, 0.2) is 77.7 Å². The topological polar surface area (TPSA) is 75.7 Å². The SMILES string of the molecule is CCN(c1ccccc1)S(=O)(=O)c1cc(NC(=O)COc2ccccc2F)ccc1Cl. The number of nitrogens with one attached hydrogen (secondary N) is 1. The van der Waals surface area contributed by atoms with Crippen molar-refractivity contribution >= 4 is 38.9 Å². The molecule has 0 bridgehead atoms. The second-order valence-electron chi connectivity index (χ2n) is 6.42. The summed E-state index contributed by atoms with van der Waals surface area (Å²) in [6.07, 6.45) is 0. The molecule has 0 aliphatic rings. The minimum absolute atomic E-state index is 0.0231. The van der Waals surface area contributed by atoms with Crippen molar-refractivity contribution in [2.45, 2.75) is 11.8 Å². The predicted molar refractivity (Wildman–Crippen MR) is 119 cm³/mol. The van der Waals surface area contributed by atoms with Gasteiger partial charge in [-0.2, -0.15) is 0 Å². The molecule has 0 aliphatic carbocycles. The Bertz CT molecular complexity index is 1170. The quantitative estimate of drug-likeness (QED) is 0.526. The molecule has 0 aromatic heterocycles. The van der Waals surface area contributed by atoms with Crippen molar-refractivity contribution in [2.24, 2.45) is 0 Å². The molecule has 0 fully saturated rings. The van der Waals surface area contributed by atoms with E-state index in [9.17, 15) is 17.6 Å². The number of para-hydroxylation sites is 2. The standard InChI is InChI=1S/C22H20ClFN2O4S/c1-2-26(17-8-4-3-5-9-17)31(28,29)21-14-16(12-13-18(21)23)25-22(27)15-30-20-11-7-6-10-19(20)24/h3-14H,2,15H2,1H3,(H,25,27). The van der Waals surface area contributed by atoms with Gasteiger partial charge in [0.2, 0.25) is 0 Å². The molecular formula is C22H20ClFN2O4S. The number of halogens is 2. The van der Waals surface area contributed by atoms with Crippen LogP contribution in [0.5, 0.6) is 5.75 Å². The third kappa shape index (κ3) is 5.34. The van der Waals surface area contributed by atoms with E-state index in [1.165, 1.54) is 40.7 Å². The summed E-state index contributed by atoms with van der Waals surface area (Å²) in [5, 5.41) is 2.56. The van der Waals surface area contributed by atoms with Gasteiger partial charge in [0, 0.05) is 12.2 Å². The van der Waals surface area contributed by atoms with E-state index < -0.39 is 28.4 Å². The first-order chi connectivity index (χ1) is 14.8. The summed E-state index contributed by atoms with van der Waals surface area (Å²) in [5.41, 5.74) is 0.711. The Morgan fingerprint density at radius 1 is 1.06 bits per heavy atom. The second kappa shape index (κ2) is 9.80. The number of sulfonamides is 1. The van der Waals surface area contributed by atoms with Crippen LogP contribution in [0.4, 0.5) is 15.8 Å². The third-order valence-corrected chi connectivity index (χ3v) is 6.69. The molecule has 162 valence electrons. The highest BCUT2D eigenvalue weighted by Crippen LogP contribution is 2.30. The van der Waals surface area contributed by atoms with Crippen molar-refractivity contribution in [3.05, 3.63) is 83.6 Å². The van der Waals surface area contributed by atoms with Gasteiger partial charge in [0.15, 0.2) is 18.2 Å². The highest BCUT2D eigenvalue weighted by Gasteiger charge is 2.26. The van der Waals surface area contributed by atoms with E-state index in [0.29, 0.717) is 5.69 Å². The lowest BCUT2D eigenvalue weighted by atomic mass is 10.3. The molecule has 0 heterocycles. The Morgan fingerprint density at radius 2 is 1.74 bits per heavy atom. The van der Waals surface area contributed by atoms with Crippen LogP contribution in [-0.2, 0) is 14.8 Å². The van der Waals surface area contributed by atoms with Crippen molar-refractivity contribution in [3.63, 3.8) is 0 Å². The van der Waals surface area contributed by atoms with Gasteiger partial charge in [-0.15, -0.1) is 0 Å². The Labute approximate surface area is 185 Å². The van der Waals surface area contributed by atoms with Crippen LogP contribution in [0.25, 0.3) is 0 Å². The van der Waals surface area contributed by atoms with Crippen molar-refractivity contribution in [1.29, 1.82) is 0 Å². The monoisotopic (exact) mass is 462 g/mol. The molecule has 0 saturated heterocycles. The summed E-state index contributed by atoms with van der Waals surface area (Å²) in [7, 11) is -3.98. The number of ether oxygens (including phenoxy) is 1. The number of hydrogen-bond acceptors (Lipinski definition) is 4. The third-order valence-electron chi connectivity index (χ3n) is 4.31. The normalized spacial score (nSPS) is 11.1. The fourth-order valence-corrected chi connectivity index (χ4v) is 4.86. The highest BCUT2D eigenvalue weighted by molar-refractivity contribution is 7.93. The molecule has 0 atom stereocenters. The van der Waals surface area contributed by atoms with E-state index in [4.69, 9.17) is 16.3 Å². The molecular weight excluding hydrogens is 443 g/mol. The van der Waals surface area contributed by atoms with Crippen molar-refractivity contribution in [3.8, 4) is 5.75 Å². The van der Waals surface area contributed by atoms with E-state index in [1.807, 2.05) is 0 Å². The van der Waals surface area contributed by atoms with Crippen LogP contribution >= 0.6 is 11.6 Å². The number of rotatable bonds is 8. The lowest BCUT2D eigenvalue weighted by molar-refractivity contribution is -0.118. The molecule has 3 aromatic rings. The zero-order chi connectivity index (χ0) is 22.4. The molecule has 1 N–H and O–H groups in total. The Kier molecular flexibility index (Phi) is 7.14. The number of benzene rings is 3.